The van der Waals surface area contributed by atoms with Crippen molar-refractivity contribution in [3.63, 3.8) is 0 Å². The number of nitrogens with one attached hydrogen (secondary N) is 1. The predicted octanol–water partition coefficient (Wildman–Crippen LogP) is 2.49. The van der Waals surface area contributed by atoms with Crippen LogP contribution in [0.4, 0.5) is 0 Å². The molecule has 0 amide bonds. The third-order valence-electron chi connectivity index (χ3n) is 3.69. The van der Waals surface area contributed by atoms with Crippen LogP contribution in [0.25, 0.3) is 0 Å². The van der Waals surface area contributed by atoms with E-state index in [4.69, 9.17) is 0 Å². The molecular formula is C13H28N2. The summed E-state index contributed by atoms with van der Waals surface area (Å²) in [7, 11) is 0. The van der Waals surface area contributed by atoms with Crippen molar-refractivity contribution in [3.05, 3.63) is 0 Å². The molecule has 2 nitrogen and oxygen atoms in total. The maximum absolute atomic E-state index is 3.69. The van der Waals surface area contributed by atoms with E-state index in [9.17, 15) is 0 Å². The van der Waals surface area contributed by atoms with Gasteiger partial charge in [-0.05, 0) is 38.3 Å². The molecule has 2 unspecified atom stereocenters. The Morgan fingerprint density at radius 3 is 2.60 bits per heavy atom. The molecule has 1 aliphatic heterocycles. The SMILES string of the molecule is CCC(C)N1CCCNC(C(C)(C)C)C1. The normalized spacial score (nSPS) is 27.4. The lowest BCUT2D eigenvalue weighted by molar-refractivity contribution is 0.159. The molecule has 1 fully saturated rings. The minimum atomic E-state index is 0.371. The Bertz CT molecular complexity index is 183. The highest BCUT2D eigenvalue weighted by Crippen LogP contribution is 2.22. The molecule has 0 aromatic rings. The summed E-state index contributed by atoms with van der Waals surface area (Å²) in [6.07, 6.45) is 2.55. The van der Waals surface area contributed by atoms with Crippen molar-refractivity contribution in [2.75, 3.05) is 19.6 Å². The number of rotatable bonds is 2. The van der Waals surface area contributed by atoms with Crippen LogP contribution in [0.2, 0.25) is 0 Å². The fraction of sp³-hybridized carbons (Fsp3) is 1.00. The maximum Gasteiger partial charge on any atom is 0.0243 e. The van der Waals surface area contributed by atoms with Crippen LogP contribution in [-0.2, 0) is 0 Å². The molecule has 1 aliphatic rings. The third-order valence-corrected chi connectivity index (χ3v) is 3.69. The summed E-state index contributed by atoms with van der Waals surface area (Å²) in [4.78, 5) is 2.65. The van der Waals surface area contributed by atoms with Gasteiger partial charge < -0.3 is 5.32 Å². The van der Waals surface area contributed by atoms with Gasteiger partial charge in [-0.1, -0.05) is 27.7 Å². The van der Waals surface area contributed by atoms with E-state index in [1.807, 2.05) is 0 Å². The molecule has 1 saturated heterocycles. The van der Waals surface area contributed by atoms with Gasteiger partial charge in [0.25, 0.3) is 0 Å². The van der Waals surface area contributed by atoms with Gasteiger partial charge in [0, 0.05) is 18.6 Å². The molecule has 0 aromatic carbocycles. The lowest BCUT2D eigenvalue weighted by Crippen LogP contribution is -2.48. The van der Waals surface area contributed by atoms with E-state index in [0.717, 1.165) is 6.04 Å². The fourth-order valence-corrected chi connectivity index (χ4v) is 2.19. The molecule has 90 valence electrons. The molecular weight excluding hydrogens is 184 g/mol. The first kappa shape index (κ1) is 13.0. The maximum atomic E-state index is 3.69. The Kier molecular flexibility index (Phi) is 4.60. The second-order valence-electron chi connectivity index (χ2n) is 5.98. The summed E-state index contributed by atoms with van der Waals surface area (Å²) in [6, 6.07) is 1.36. The van der Waals surface area contributed by atoms with Crippen LogP contribution >= 0.6 is 0 Å². The predicted molar refractivity (Wildman–Crippen MR) is 67.2 cm³/mol. The van der Waals surface area contributed by atoms with Gasteiger partial charge in [-0.3, -0.25) is 4.90 Å². The molecule has 0 aliphatic carbocycles. The first-order valence-corrected chi connectivity index (χ1v) is 6.42. The fourth-order valence-electron chi connectivity index (χ4n) is 2.19. The van der Waals surface area contributed by atoms with Gasteiger partial charge in [0.1, 0.15) is 0 Å². The van der Waals surface area contributed by atoms with Crippen LogP contribution in [0.5, 0.6) is 0 Å². The summed E-state index contributed by atoms with van der Waals surface area (Å²) in [5.74, 6) is 0. The lowest BCUT2D eigenvalue weighted by Gasteiger charge is -2.35. The zero-order valence-corrected chi connectivity index (χ0v) is 11.1. The van der Waals surface area contributed by atoms with Crippen molar-refractivity contribution in [1.82, 2.24) is 10.2 Å². The van der Waals surface area contributed by atoms with Gasteiger partial charge >= 0.3 is 0 Å². The smallest absolute Gasteiger partial charge is 0.0243 e. The summed E-state index contributed by atoms with van der Waals surface area (Å²) in [5, 5.41) is 3.69. The third kappa shape index (κ3) is 3.76. The Labute approximate surface area is 95.4 Å². The Morgan fingerprint density at radius 2 is 2.07 bits per heavy atom. The minimum absolute atomic E-state index is 0.371. The van der Waals surface area contributed by atoms with Crippen molar-refractivity contribution in [2.45, 2.75) is 59.5 Å². The van der Waals surface area contributed by atoms with Gasteiger partial charge in [-0.25, -0.2) is 0 Å². The molecule has 15 heavy (non-hydrogen) atoms. The quantitative estimate of drug-likeness (QED) is 0.756. The van der Waals surface area contributed by atoms with Crippen molar-refractivity contribution in [1.29, 1.82) is 0 Å². The zero-order chi connectivity index (χ0) is 11.5. The van der Waals surface area contributed by atoms with Crippen molar-refractivity contribution >= 4 is 0 Å². The lowest BCUT2D eigenvalue weighted by atomic mass is 9.86. The van der Waals surface area contributed by atoms with Crippen LogP contribution in [0.3, 0.4) is 0 Å². The van der Waals surface area contributed by atoms with Gasteiger partial charge in [0.05, 0.1) is 0 Å². The molecule has 2 atom stereocenters. The van der Waals surface area contributed by atoms with E-state index in [1.165, 1.54) is 32.5 Å². The molecule has 2 heteroatoms. The molecule has 0 saturated carbocycles. The molecule has 1 rings (SSSR count). The van der Waals surface area contributed by atoms with E-state index in [-0.39, 0.29) is 0 Å². The van der Waals surface area contributed by atoms with E-state index < -0.39 is 0 Å². The topological polar surface area (TPSA) is 15.3 Å². The highest BCUT2D eigenvalue weighted by Gasteiger charge is 2.29. The molecule has 1 heterocycles. The minimum Gasteiger partial charge on any atom is -0.312 e. The van der Waals surface area contributed by atoms with Gasteiger partial charge in [-0.15, -0.1) is 0 Å². The molecule has 1 N–H and O–H groups in total. The standard InChI is InChI=1S/C13H28N2/c1-6-11(2)15-9-7-8-14-12(10-15)13(3,4)5/h11-12,14H,6-10H2,1-5H3. The monoisotopic (exact) mass is 212 g/mol. The van der Waals surface area contributed by atoms with E-state index in [1.54, 1.807) is 0 Å². The average molecular weight is 212 g/mol. The van der Waals surface area contributed by atoms with Crippen LogP contribution < -0.4 is 5.32 Å². The molecule has 0 radical (unpaired) electrons. The zero-order valence-electron chi connectivity index (χ0n) is 11.1. The van der Waals surface area contributed by atoms with Crippen molar-refractivity contribution in [2.24, 2.45) is 5.41 Å². The van der Waals surface area contributed by atoms with Gasteiger partial charge in [0.15, 0.2) is 0 Å². The van der Waals surface area contributed by atoms with Crippen LogP contribution in [0.15, 0.2) is 0 Å². The van der Waals surface area contributed by atoms with Gasteiger partial charge in [-0.2, -0.15) is 0 Å². The Balaban J connectivity index is 2.61. The largest absolute Gasteiger partial charge is 0.312 e. The van der Waals surface area contributed by atoms with Crippen LogP contribution in [0.1, 0.15) is 47.5 Å². The molecule has 0 aromatic heterocycles. The first-order chi connectivity index (χ1) is 6.95. The van der Waals surface area contributed by atoms with Gasteiger partial charge in [0.2, 0.25) is 0 Å². The van der Waals surface area contributed by atoms with Crippen LogP contribution in [0, 0.1) is 5.41 Å². The van der Waals surface area contributed by atoms with E-state index in [2.05, 4.69) is 44.8 Å². The first-order valence-electron chi connectivity index (χ1n) is 6.42. The Hall–Kier alpha value is -0.0800. The number of hydrogen-bond acceptors (Lipinski definition) is 2. The average Bonchev–Trinajstić information content (AvgIpc) is 2.40. The van der Waals surface area contributed by atoms with Crippen molar-refractivity contribution < 1.29 is 0 Å². The number of hydrogen-bond donors (Lipinski definition) is 1. The summed E-state index contributed by atoms with van der Waals surface area (Å²) in [6.45, 7) is 15.3. The molecule has 0 spiro atoms. The summed E-state index contributed by atoms with van der Waals surface area (Å²) < 4.78 is 0. The highest BCUT2D eigenvalue weighted by molar-refractivity contribution is 4.87. The number of nitrogens with zero attached hydrogens (tertiary/aromatic N) is 1. The van der Waals surface area contributed by atoms with E-state index >= 15 is 0 Å². The second kappa shape index (κ2) is 5.31. The highest BCUT2D eigenvalue weighted by atomic mass is 15.2. The molecule has 0 bridgehead atoms. The second-order valence-corrected chi connectivity index (χ2v) is 5.98. The van der Waals surface area contributed by atoms with Crippen molar-refractivity contribution in [3.8, 4) is 0 Å². The van der Waals surface area contributed by atoms with Crippen LogP contribution in [-0.4, -0.2) is 36.6 Å². The van der Waals surface area contributed by atoms with E-state index in [0.29, 0.717) is 11.5 Å². The summed E-state index contributed by atoms with van der Waals surface area (Å²) >= 11 is 0. The Morgan fingerprint density at radius 1 is 1.40 bits per heavy atom. The summed E-state index contributed by atoms with van der Waals surface area (Å²) in [5.41, 5.74) is 0.371.